The molecule has 1 aromatic rings. The van der Waals surface area contributed by atoms with Crippen LogP contribution in [0.4, 0.5) is 0 Å². The van der Waals surface area contributed by atoms with Crippen molar-refractivity contribution >= 4 is 15.9 Å². The highest BCUT2D eigenvalue weighted by atomic mass is 79.9. The van der Waals surface area contributed by atoms with E-state index < -0.39 is 0 Å². The smallest absolute Gasteiger partial charge is 0.122 e. The average Bonchev–Trinajstić information content (AvgIpc) is 2.36. The molecule has 18 heavy (non-hydrogen) atoms. The molecule has 98 valence electrons. The Labute approximate surface area is 118 Å². The first kappa shape index (κ1) is 15.1. The average molecular weight is 310 g/mol. The Morgan fingerprint density at radius 3 is 2.89 bits per heavy atom. The molecule has 0 fully saturated rings. The molecule has 0 aliphatic rings. The molecule has 0 saturated carbocycles. The summed E-state index contributed by atoms with van der Waals surface area (Å²) in [4.78, 5) is 0. The van der Waals surface area contributed by atoms with Crippen LogP contribution >= 0.6 is 15.9 Å². The zero-order valence-electron chi connectivity index (χ0n) is 11.0. The van der Waals surface area contributed by atoms with Crippen molar-refractivity contribution in [3.05, 3.63) is 28.2 Å². The molecule has 1 aromatic carbocycles. The number of halogens is 1. The monoisotopic (exact) mass is 309 g/mol. The second-order valence-electron chi connectivity index (χ2n) is 4.15. The van der Waals surface area contributed by atoms with E-state index in [9.17, 15) is 0 Å². The third-order valence-electron chi connectivity index (χ3n) is 2.69. The van der Waals surface area contributed by atoms with Crippen molar-refractivity contribution in [1.29, 1.82) is 0 Å². The third kappa shape index (κ3) is 5.12. The van der Waals surface area contributed by atoms with Gasteiger partial charge < -0.3 is 10.5 Å². The van der Waals surface area contributed by atoms with Gasteiger partial charge in [0.15, 0.2) is 0 Å². The third-order valence-corrected chi connectivity index (χ3v) is 3.18. The first-order valence-corrected chi connectivity index (χ1v) is 7.03. The molecule has 0 amide bonds. The summed E-state index contributed by atoms with van der Waals surface area (Å²) in [5.41, 5.74) is 7.16. The Balaban J connectivity index is 2.71. The Hall–Kier alpha value is -0.980. The summed E-state index contributed by atoms with van der Waals surface area (Å²) in [6.07, 6.45) is 2.56. The van der Waals surface area contributed by atoms with Crippen LogP contribution in [-0.2, 0) is 6.42 Å². The molecule has 0 bridgehead atoms. The van der Waals surface area contributed by atoms with E-state index >= 15 is 0 Å². The molecule has 0 aliphatic heterocycles. The molecular weight excluding hydrogens is 290 g/mol. The van der Waals surface area contributed by atoms with Crippen LogP contribution in [0.3, 0.4) is 0 Å². The largest absolute Gasteiger partial charge is 0.492 e. The van der Waals surface area contributed by atoms with Crippen molar-refractivity contribution in [2.24, 2.45) is 5.73 Å². The highest BCUT2D eigenvalue weighted by molar-refractivity contribution is 9.10. The van der Waals surface area contributed by atoms with Crippen molar-refractivity contribution in [2.45, 2.75) is 39.2 Å². The second-order valence-corrected chi connectivity index (χ2v) is 5.07. The van der Waals surface area contributed by atoms with Gasteiger partial charge in [0.05, 0.1) is 6.61 Å². The van der Waals surface area contributed by atoms with E-state index in [1.165, 1.54) is 0 Å². The second kappa shape index (κ2) is 8.18. The first-order chi connectivity index (χ1) is 8.67. The van der Waals surface area contributed by atoms with E-state index in [1.54, 1.807) is 0 Å². The van der Waals surface area contributed by atoms with Gasteiger partial charge in [-0.15, -0.1) is 11.8 Å². The van der Waals surface area contributed by atoms with Gasteiger partial charge in [-0.2, -0.15) is 0 Å². The van der Waals surface area contributed by atoms with Crippen molar-refractivity contribution < 1.29 is 4.74 Å². The van der Waals surface area contributed by atoms with Gasteiger partial charge in [0.2, 0.25) is 0 Å². The van der Waals surface area contributed by atoms with Crippen molar-refractivity contribution in [2.75, 3.05) is 6.61 Å². The lowest BCUT2D eigenvalue weighted by molar-refractivity contribution is 0.322. The standard InChI is InChI=1S/C15H20BrNO/c1-3-5-6-9-18-15-8-7-13(16)10-12(15)11-14(17)4-2/h7-8,10,14H,4,6,9,11,17H2,1-2H3. The summed E-state index contributed by atoms with van der Waals surface area (Å²) in [6.45, 7) is 4.56. The van der Waals surface area contributed by atoms with Crippen LogP contribution in [0.15, 0.2) is 22.7 Å². The van der Waals surface area contributed by atoms with E-state index in [0.29, 0.717) is 6.61 Å². The van der Waals surface area contributed by atoms with Crippen LogP contribution in [0.1, 0.15) is 32.3 Å². The van der Waals surface area contributed by atoms with Crippen LogP contribution in [0.25, 0.3) is 0 Å². The molecular formula is C15H20BrNO. The highest BCUT2D eigenvalue weighted by Gasteiger charge is 2.08. The van der Waals surface area contributed by atoms with Gasteiger partial charge in [0, 0.05) is 16.9 Å². The minimum Gasteiger partial charge on any atom is -0.492 e. The van der Waals surface area contributed by atoms with Crippen LogP contribution < -0.4 is 10.5 Å². The summed E-state index contributed by atoms with van der Waals surface area (Å²) in [6, 6.07) is 6.23. The number of hydrogen-bond acceptors (Lipinski definition) is 2. The van der Waals surface area contributed by atoms with Gasteiger partial charge in [-0.05, 0) is 43.5 Å². The molecule has 0 heterocycles. The Bertz CT molecular complexity index is 434. The molecule has 0 aliphatic carbocycles. The predicted octanol–water partition coefficient (Wildman–Crippen LogP) is 3.52. The fraction of sp³-hybridized carbons (Fsp3) is 0.467. The summed E-state index contributed by atoms with van der Waals surface area (Å²) in [7, 11) is 0. The maximum atomic E-state index is 6.01. The zero-order valence-corrected chi connectivity index (χ0v) is 12.6. The predicted molar refractivity (Wildman–Crippen MR) is 79.7 cm³/mol. The number of ether oxygens (including phenoxy) is 1. The van der Waals surface area contributed by atoms with Gasteiger partial charge in [0.1, 0.15) is 5.75 Å². The van der Waals surface area contributed by atoms with E-state index in [1.807, 2.05) is 19.1 Å². The van der Waals surface area contributed by atoms with E-state index in [-0.39, 0.29) is 6.04 Å². The van der Waals surface area contributed by atoms with Crippen molar-refractivity contribution in [1.82, 2.24) is 0 Å². The highest BCUT2D eigenvalue weighted by Crippen LogP contribution is 2.24. The number of benzene rings is 1. The molecule has 0 radical (unpaired) electrons. The molecule has 1 rings (SSSR count). The van der Waals surface area contributed by atoms with Gasteiger partial charge >= 0.3 is 0 Å². The fourth-order valence-electron chi connectivity index (χ4n) is 1.61. The Kier molecular flexibility index (Phi) is 6.85. The van der Waals surface area contributed by atoms with Gasteiger partial charge in [0.25, 0.3) is 0 Å². The lowest BCUT2D eigenvalue weighted by Gasteiger charge is -2.14. The minimum atomic E-state index is 0.178. The number of nitrogens with two attached hydrogens (primary N) is 1. The summed E-state index contributed by atoms with van der Waals surface area (Å²) in [5.74, 6) is 6.77. The first-order valence-electron chi connectivity index (χ1n) is 6.23. The summed E-state index contributed by atoms with van der Waals surface area (Å²) < 4.78 is 6.82. The quantitative estimate of drug-likeness (QED) is 0.644. The molecule has 3 heteroatoms. The number of hydrogen-bond donors (Lipinski definition) is 1. The van der Waals surface area contributed by atoms with Crippen LogP contribution in [0.5, 0.6) is 5.75 Å². The molecule has 2 nitrogen and oxygen atoms in total. The Morgan fingerprint density at radius 1 is 1.44 bits per heavy atom. The maximum absolute atomic E-state index is 6.01. The van der Waals surface area contributed by atoms with Crippen LogP contribution in [0.2, 0.25) is 0 Å². The lowest BCUT2D eigenvalue weighted by Crippen LogP contribution is -2.21. The molecule has 0 aromatic heterocycles. The minimum absolute atomic E-state index is 0.178. The normalized spacial score (nSPS) is 11.6. The molecule has 2 N–H and O–H groups in total. The summed E-state index contributed by atoms with van der Waals surface area (Å²) >= 11 is 3.48. The van der Waals surface area contributed by atoms with Gasteiger partial charge in [-0.3, -0.25) is 0 Å². The van der Waals surface area contributed by atoms with Crippen LogP contribution in [-0.4, -0.2) is 12.6 Å². The van der Waals surface area contributed by atoms with E-state index in [4.69, 9.17) is 10.5 Å². The topological polar surface area (TPSA) is 35.2 Å². The summed E-state index contributed by atoms with van der Waals surface area (Å²) in [5, 5.41) is 0. The zero-order chi connectivity index (χ0) is 13.4. The number of rotatable bonds is 6. The van der Waals surface area contributed by atoms with E-state index in [2.05, 4.69) is 40.8 Å². The molecule has 1 unspecified atom stereocenters. The van der Waals surface area contributed by atoms with E-state index in [0.717, 1.165) is 35.0 Å². The van der Waals surface area contributed by atoms with Gasteiger partial charge in [-0.25, -0.2) is 0 Å². The molecule has 1 atom stereocenters. The molecule has 0 spiro atoms. The van der Waals surface area contributed by atoms with Crippen molar-refractivity contribution in [3.8, 4) is 17.6 Å². The maximum Gasteiger partial charge on any atom is 0.122 e. The SMILES string of the molecule is CC#CCCOc1ccc(Br)cc1CC(N)CC. The lowest BCUT2D eigenvalue weighted by atomic mass is 10.0. The van der Waals surface area contributed by atoms with Crippen molar-refractivity contribution in [3.63, 3.8) is 0 Å². The van der Waals surface area contributed by atoms with Crippen LogP contribution in [0, 0.1) is 11.8 Å². The van der Waals surface area contributed by atoms with Gasteiger partial charge in [-0.1, -0.05) is 22.9 Å². The fourth-order valence-corrected chi connectivity index (χ4v) is 2.02. The Morgan fingerprint density at radius 2 is 2.22 bits per heavy atom. The molecule has 0 saturated heterocycles.